The monoisotopic (exact) mass is 343 g/mol. The summed E-state index contributed by atoms with van der Waals surface area (Å²) in [5, 5.41) is 11.2. The molecule has 130 valence electrons. The van der Waals surface area contributed by atoms with E-state index in [2.05, 4.69) is 35.7 Å². The number of aromatic carboxylic acids is 1. The first-order chi connectivity index (χ1) is 12.5. The van der Waals surface area contributed by atoms with Crippen LogP contribution in [0.4, 0.5) is 5.69 Å². The molecule has 0 heterocycles. The molecule has 26 heavy (non-hydrogen) atoms. The first kappa shape index (κ1) is 17.5. The first-order valence-electron chi connectivity index (χ1n) is 8.36. The maximum absolute atomic E-state index is 11.1. The van der Waals surface area contributed by atoms with Crippen molar-refractivity contribution < 1.29 is 9.90 Å². The van der Waals surface area contributed by atoms with Gasteiger partial charge in [-0.3, -0.25) is 0 Å². The molecule has 3 rings (SSSR count). The first-order valence-corrected chi connectivity index (χ1v) is 8.36. The molecule has 0 radical (unpaired) electrons. The highest BCUT2D eigenvalue weighted by molar-refractivity contribution is 5.89. The fraction of sp³-hybridized carbons (Fsp3) is 0.0870. The molecule has 0 spiro atoms. The maximum atomic E-state index is 11.1. The third kappa shape index (κ3) is 3.67. The van der Waals surface area contributed by atoms with E-state index < -0.39 is 5.97 Å². The normalized spacial score (nSPS) is 10.4. The van der Waals surface area contributed by atoms with Crippen molar-refractivity contribution >= 4 is 23.8 Å². The number of benzene rings is 3. The molecule has 0 unspecified atom stereocenters. The molecular formula is C23H21NO2. The van der Waals surface area contributed by atoms with Gasteiger partial charge in [-0.05, 0) is 51.4 Å². The summed E-state index contributed by atoms with van der Waals surface area (Å²) >= 11 is 0. The molecule has 0 saturated heterocycles. The molecule has 0 aliphatic carbocycles. The number of anilines is 1. The van der Waals surface area contributed by atoms with Crippen LogP contribution in [0.25, 0.3) is 12.2 Å². The molecule has 0 aliphatic heterocycles. The molecule has 0 saturated carbocycles. The molecule has 0 atom stereocenters. The summed E-state index contributed by atoms with van der Waals surface area (Å²) in [4.78, 5) is 13.2. The van der Waals surface area contributed by atoms with Crippen molar-refractivity contribution in [2.24, 2.45) is 0 Å². The Kier molecular flexibility index (Phi) is 4.90. The van der Waals surface area contributed by atoms with Gasteiger partial charge in [-0.15, -0.1) is 0 Å². The second kappa shape index (κ2) is 7.28. The molecule has 3 heteroatoms. The lowest BCUT2D eigenvalue weighted by atomic mass is 9.94. The zero-order chi connectivity index (χ0) is 18.7. The summed E-state index contributed by atoms with van der Waals surface area (Å²) in [6, 6.07) is 23.4. The van der Waals surface area contributed by atoms with Crippen molar-refractivity contribution in [1.82, 2.24) is 0 Å². The molecule has 0 bridgehead atoms. The van der Waals surface area contributed by atoms with E-state index in [1.807, 2.05) is 50.5 Å². The number of carboxylic acid groups (broad SMARTS) is 1. The van der Waals surface area contributed by atoms with E-state index in [1.165, 1.54) is 0 Å². The van der Waals surface area contributed by atoms with Gasteiger partial charge >= 0.3 is 5.97 Å². The highest BCUT2D eigenvalue weighted by Crippen LogP contribution is 2.23. The maximum Gasteiger partial charge on any atom is 0.335 e. The third-order valence-corrected chi connectivity index (χ3v) is 4.34. The van der Waals surface area contributed by atoms with Crippen molar-refractivity contribution in [2.45, 2.75) is 0 Å². The zero-order valence-electron chi connectivity index (χ0n) is 14.9. The van der Waals surface area contributed by atoms with E-state index in [4.69, 9.17) is 5.11 Å². The lowest BCUT2D eigenvalue weighted by Crippen LogP contribution is -2.12. The fourth-order valence-corrected chi connectivity index (χ4v) is 2.88. The van der Waals surface area contributed by atoms with Crippen molar-refractivity contribution in [2.75, 3.05) is 19.0 Å². The molecular weight excluding hydrogens is 322 g/mol. The summed E-state index contributed by atoms with van der Waals surface area (Å²) in [6.45, 7) is 3.95. The summed E-state index contributed by atoms with van der Waals surface area (Å²) < 4.78 is 0. The van der Waals surface area contributed by atoms with Gasteiger partial charge in [0, 0.05) is 19.8 Å². The smallest absolute Gasteiger partial charge is 0.335 e. The summed E-state index contributed by atoms with van der Waals surface area (Å²) in [6.07, 6.45) is 0. The highest BCUT2D eigenvalue weighted by Gasteiger charge is 2.09. The fourth-order valence-electron chi connectivity index (χ4n) is 2.88. The number of carbonyl (C=O) groups is 1. The van der Waals surface area contributed by atoms with E-state index >= 15 is 0 Å². The zero-order valence-corrected chi connectivity index (χ0v) is 14.9. The minimum Gasteiger partial charge on any atom is -0.478 e. The van der Waals surface area contributed by atoms with Gasteiger partial charge in [0.25, 0.3) is 0 Å². The Labute approximate surface area is 153 Å². The van der Waals surface area contributed by atoms with Crippen LogP contribution < -0.4 is 15.3 Å². The Morgan fingerprint density at radius 3 is 1.69 bits per heavy atom. The average molecular weight is 343 g/mol. The second-order valence-electron chi connectivity index (χ2n) is 6.40. The van der Waals surface area contributed by atoms with Gasteiger partial charge in [-0.1, -0.05) is 55.1 Å². The average Bonchev–Trinajstić information content (AvgIpc) is 2.64. The Morgan fingerprint density at radius 2 is 1.23 bits per heavy atom. The summed E-state index contributed by atoms with van der Waals surface area (Å²) in [7, 11) is 4.02. The molecule has 3 aromatic rings. The minimum atomic E-state index is -0.921. The van der Waals surface area contributed by atoms with E-state index in [1.54, 1.807) is 12.1 Å². The topological polar surface area (TPSA) is 40.5 Å². The van der Waals surface area contributed by atoms with E-state index in [9.17, 15) is 4.79 Å². The minimum absolute atomic E-state index is 0.282. The Balaban J connectivity index is 2.20. The van der Waals surface area contributed by atoms with E-state index in [-0.39, 0.29) is 5.56 Å². The van der Waals surface area contributed by atoms with Crippen LogP contribution in [0, 0.1) is 0 Å². The van der Waals surface area contributed by atoms with Crippen LogP contribution in [-0.4, -0.2) is 25.2 Å². The number of rotatable bonds is 4. The largest absolute Gasteiger partial charge is 0.478 e. The number of hydrogen-bond donors (Lipinski definition) is 1. The van der Waals surface area contributed by atoms with E-state index in [0.717, 1.165) is 32.8 Å². The van der Waals surface area contributed by atoms with Gasteiger partial charge in [0.15, 0.2) is 0 Å². The van der Waals surface area contributed by atoms with Gasteiger partial charge in [0.05, 0.1) is 5.56 Å². The number of hydrogen-bond acceptors (Lipinski definition) is 2. The van der Waals surface area contributed by atoms with Crippen molar-refractivity contribution in [1.29, 1.82) is 0 Å². The van der Waals surface area contributed by atoms with Crippen molar-refractivity contribution in [3.05, 3.63) is 99.9 Å². The van der Waals surface area contributed by atoms with Crippen LogP contribution >= 0.6 is 0 Å². The second-order valence-corrected chi connectivity index (χ2v) is 6.40. The van der Waals surface area contributed by atoms with Crippen LogP contribution in [-0.2, 0) is 0 Å². The van der Waals surface area contributed by atoms with Crippen LogP contribution in [0.2, 0.25) is 0 Å². The molecule has 0 aromatic heterocycles. The molecule has 0 amide bonds. The van der Waals surface area contributed by atoms with Gasteiger partial charge in [0.1, 0.15) is 0 Å². The standard InChI is InChI=1S/C23H21NO2/c1-16-4-6-17(7-5-16)22(18-8-10-20(11-9-18)23(25)26)19-12-14-21(15-13-19)24(2)3/h4-15H,1H2,2-3H3,(H,25,26). The lowest BCUT2D eigenvalue weighted by Gasteiger charge is -2.14. The van der Waals surface area contributed by atoms with Crippen LogP contribution in [0.3, 0.4) is 0 Å². The third-order valence-electron chi connectivity index (χ3n) is 4.34. The van der Waals surface area contributed by atoms with Gasteiger partial charge in [-0.2, -0.15) is 0 Å². The lowest BCUT2D eigenvalue weighted by molar-refractivity contribution is 0.0697. The Hall–Kier alpha value is -3.33. The molecule has 0 aliphatic rings. The molecule has 3 aromatic carbocycles. The Morgan fingerprint density at radius 1 is 0.769 bits per heavy atom. The van der Waals surface area contributed by atoms with Gasteiger partial charge in [0.2, 0.25) is 0 Å². The molecule has 0 fully saturated rings. The van der Waals surface area contributed by atoms with Crippen molar-refractivity contribution in [3.63, 3.8) is 0 Å². The predicted octanol–water partition coefficient (Wildman–Crippen LogP) is 3.11. The highest BCUT2D eigenvalue weighted by atomic mass is 16.4. The van der Waals surface area contributed by atoms with Crippen LogP contribution in [0.1, 0.15) is 21.5 Å². The van der Waals surface area contributed by atoms with Crippen molar-refractivity contribution in [3.8, 4) is 0 Å². The summed E-state index contributed by atoms with van der Waals surface area (Å²) in [5.41, 5.74) is 4.53. The van der Waals surface area contributed by atoms with Gasteiger partial charge < -0.3 is 10.0 Å². The number of nitrogens with zero attached hydrogens (tertiary/aromatic N) is 1. The Bertz CT molecular complexity index is 1010. The summed E-state index contributed by atoms with van der Waals surface area (Å²) in [5.74, 6) is -0.921. The SMILES string of the molecule is C=c1ccc(=C(c2ccc(C(=O)O)cc2)c2ccc(N(C)C)cc2)cc1. The van der Waals surface area contributed by atoms with E-state index in [0.29, 0.717) is 0 Å². The van der Waals surface area contributed by atoms with Crippen LogP contribution in [0.5, 0.6) is 0 Å². The van der Waals surface area contributed by atoms with Crippen LogP contribution in [0.15, 0.2) is 72.8 Å². The molecule has 1 N–H and O–H groups in total. The number of carboxylic acids is 1. The predicted molar refractivity (Wildman–Crippen MR) is 107 cm³/mol. The quantitative estimate of drug-likeness (QED) is 0.791. The molecule has 3 nitrogen and oxygen atoms in total. The van der Waals surface area contributed by atoms with Gasteiger partial charge in [-0.25, -0.2) is 4.79 Å².